The quantitative estimate of drug-likeness (QED) is 0.314. The molecule has 25 heavy (non-hydrogen) atoms. The first-order chi connectivity index (χ1) is 12.3. The molecule has 2 aromatic heterocycles. The summed E-state index contributed by atoms with van der Waals surface area (Å²) in [7, 11) is 0. The van der Waals surface area contributed by atoms with Crippen molar-refractivity contribution in [2.24, 2.45) is 0 Å². The van der Waals surface area contributed by atoms with Crippen molar-refractivity contribution >= 4 is 48.5 Å². The molecule has 0 aliphatic carbocycles. The number of nitrogens with zero attached hydrogens (tertiary/aromatic N) is 2. The Balaban J connectivity index is 1.70. The highest BCUT2D eigenvalue weighted by Crippen LogP contribution is 2.29. The summed E-state index contributed by atoms with van der Waals surface area (Å²) in [5, 5.41) is 4.68. The first kappa shape index (κ1) is 14.6. The van der Waals surface area contributed by atoms with Crippen LogP contribution in [0.2, 0.25) is 0 Å². The molecule has 3 aromatic carbocycles. The molecule has 118 valence electrons. The van der Waals surface area contributed by atoms with E-state index in [-0.39, 0.29) is 0 Å². The van der Waals surface area contributed by atoms with E-state index in [1.165, 1.54) is 16.3 Å². The third-order valence-corrected chi connectivity index (χ3v) is 5.05. The predicted molar refractivity (Wildman–Crippen MR) is 108 cm³/mol. The van der Waals surface area contributed by atoms with Crippen LogP contribution in [-0.2, 0) is 0 Å². The van der Waals surface area contributed by atoms with Crippen molar-refractivity contribution < 1.29 is 0 Å². The van der Waals surface area contributed by atoms with E-state index in [9.17, 15) is 0 Å². The maximum Gasteiger partial charge on any atom is 0.0964 e. The molecule has 0 aliphatic rings. The van der Waals surface area contributed by atoms with Gasteiger partial charge in [0.05, 0.1) is 11.0 Å². The average molecular weight is 385 g/mol. The van der Waals surface area contributed by atoms with E-state index in [1.807, 2.05) is 18.5 Å². The zero-order valence-electron chi connectivity index (χ0n) is 13.3. The summed E-state index contributed by atoms with van der Waals surface area (Å²) in [6.07, 6.45) is 3.76. The second-order valence-electron chi connectivity index (χ2n) is 6.14. The molecule has 0 bridgehead atoms. The summed E-state index contributed by atoms with van der Waals surface area (Å²) in [6, 6.07) is 23.3. The van der Waals surface area contributed by atoms with Crippen LogP contribution in [0.25, 0.3) is 43.7 Å². The fourth-order valence-electron chi connectivity index (χ4n) is 3.29. The predicted octanol–water partition coefficient (Wildman–Crippen LogP) is 6.37. The van der Waals surface area contributed by atoms with Crippen LogP contribution in [0.3, 0.4) is 0 Å². The number of benzene rings is 3. The monoisotopic (exact) mass is 384 g/mol. The topological polar surface area (TPSA) is 25.8 Å². The minimum Gasteiger partial charge on any atom is -0.254 e. The normalized spacial score (nSPS) is 11.4. The van der Waals surface area contributed by atoms with Crippen LogP contribution in [0.1, 0.15) is 0 Å². The Labute approximate surface area is 153 Å². The van der Waals surface area contributed by atoms with Gasteiger partial charge in [0.15, 0.2) is 0 Å². The maximum atomic E-state index is 4.71. The van der Waals surface area contributed by atoms with E-state index in [1.54, 1.807) is 0 Å². The largest absolute Gasteiger partial charge is 0.254 e. The fourth-order valence-corrected chi connectivity index (χ4v) is 3.67. The number of hydrogen-bond acceptors (Lipinski definition) is 2. The molecule has 5 rings (SSSR count). The average Bonchev–Trinajstić information content (AvgIpc) is 2.67. The van der Waals surface area contributed by atoms with E-state index in [4.69, 9.17) is 4.98 Å². The summed E-state index contributed by atoms with van der Waals surface area (Å²) in [5.74, 6) is 0. The molecular weight excluding hydrogens is 372 g/mol. The molecule has 0 atom stereocenters. The van der Waals surface area contributed by atoms with E-state index >= 15 is 0 Å². The standard InChI is InChI=1S/C22H13BrN2/c23-20-8-7-15-10-16(4-5-17(15)12-20)19-11-18-6-3-14-2-1-9-24-21(14)22(18)25-13-19/h1-13H. The Kier molecular flexibility index (Phi) is 3.28. The molecule has 0 N–H and O–H groups in total. The summed E-state index contributed by atoms with van der Waals surface area (Å²) in [4.78, 5) is 9.20. The van der Waals surface area contributed by atoms with Crippen LogP contribution in [-0.4, -0.2) is 9.97 Å². The molecule has 0 fully saturated rings. The maximum absolute atomic E-state index is 4.71. The lowest BCUT2D eigenvalue weighted by molar-refractivity contribution is 1.37. The van der Waals surface area contributed by atoms with Crippen LogP contribution in [0, 0.1) is 0 Å². The Hall–Kier alpha value is -2.78. The molecule has 0 amide bonds. The highest BCUT2D eigenvalue weighted by molar-refractivity contribution is 9.10. The first-order valence-corrected chi connectivity index (χ1v) is 8.90. The molecule has 0 spiro atoms. The Morgan fingerprint density at radius 2 is 1.32 bits per heavy atom. The van der Waals surface area contributed by atoms with Crippen molar-refractivity contribution in [3.63, 3.8) is 0 Å². The molecule has 5 aromatic rings. The van der Waals surface area contributed by atoms with Crippen LogP contribution in [0.5, 0.6) is 0 Å². The van der Waals surface area contributed by atoms with Crippen molar-refractivity contribution in [3.8, 4) is 11.1 Å². The van der Waals surface area contributed by atoms with Crippen LogP contribution in [0.15, 0.2) is 83.6 Å². The lowest BCUT2D eigenvalue weighted by atomic mass is 10.0. The van der Waals surface area contributed by atoms with Gasteiger partial charge >= 0.3 is 0 Å². The molecule has 0 unspecified atom stereocenters. The molecular formula is C22H13BrN2. The fraction of sp³-hybridized carbons (Fsp3) is 0. The lowest BCUT2D eigenvalue weighted by Crippen LogP contribution is -1.87. The van der Waals surface area contributed by atoms with Gasteiger partial charge in [-0.1, -0.05) is 52.3 Å². The van der Waals surface area contributed by atoms with Gasteiger partial charge in [-0.05, 0) is 46.7 Å². The minimum atomic E-state index is 0.951. The van der Waals surface area contributed by atoms with Crippen molar-refractivity contribution in [2.75, 3.05) is 0 Å². The highest BCUT2D eigenvalue weighted by atomic mass is 79.9. The van der Waals surface area contributed by atoms with Crippen LogP contribution < -0.4 is 0 Å². The number of halogens is 1. The summed E-state index contributed by atoms with van der Waals surface area (Å²) in [6.45, 7) is 0. The third kappa shape index (κ3) is 2.48. The Morgan fingerprint density at radius 1 is 0.600 bits per heavy atom. The number of rotatable bonds is 1. The highest BCUT2D eigenvalue weighted by Gasteiger charge is 2.06. The lowest BCUT2D eigenvalue weighted by Gasteiger charge is -2.07. The van der Waals surface area contributed by atoms with Gasteiger partial charge < -0.3 is 0 Å². The van der Waals surface area contributed by atoms with Gasteiger partial charge in [0.25, 0.3) is 0 Å². The Morgan fingerprint density at radius 3 is 2.28 bits per heavy atom. The number of hydrogen-bond donors (Lipinski definition) is 0. The van der Waals surface area contributed by atoms with Gasteiger partial charge in [-0.2, -0.15) is 0 Å². The van der Waals surface area contributed by atoms with Crippen LogP contribution in [0.4, 0.5) is 0 Å². The van der Waals surface area contributed by atoms with Crippen molar-refractivity contribution in [2.45, 2.75) is 0 Å². The number of fused-ring (bicyclic) bond motifs is 4. The number of aromatic nitrogens is 2. The van der Waals surface area contributed by atoms with E-state index < -0.39 is 0 Å². The molecule has 0 saturated heterocycles. The third-order valence-electron chi connectivity index (χ3n) is 4.56. The molecule has 0 aliphatic heterocycles. The molecule has 3 heteroatoms. The zero-order chi connectivity index (χ0) is 16.8. The van der Waals surface area contributed by atoms with Gasteiger partial charge in [0.1, 0.15) is 0 Å². The van der Waals surface area contributed by atoms with Gasteiger partial charge in [0.2, 0.25) is 0 Å². The second-order valence-corrected chi connectivity index (χ2v) is 7.06. The molecule has 2 heterocycles. The SMILES string of the molecule is Brc1ccc2cc(-c3cnc4c(ccc5cccnc54)c3)ccc2c1. The smallest absolute Gasteiger partial charge is 0.0964 e. The van der Waals surface area contributed by atoms with Gasteiger partial charge in [0, 0.05) is 33.2 Å². The molecule has 0 saturated carbocycles. The van der Waals surface area contributed by atoms with Crippen LogP contribution >= 0.6 is 15.9 Å². The summed E-state index contributed by atoms with van der Waals surface area (Å²) >= 11 is 3.53. The van der Waals surface area contributed by atoms with Gasteiger partial charge in [-0.25, -0.2) is 0 Å². The second kappa shape index (κ2) is 5.64. The van der Waals surface area contributed by atoms with Crippen molar-refractivity contribution in [1.29, 1.82) is 0 Å². The zero-order valence-corrected chi connectivity index (χ0v) is 14.9. The van der Waals surface area contributed by atoms with E-state index in [2.05, 4.69) is 81.6 Å². The van der Waals surface area contributed by atoms with Crippen molar-refractivity contribution in [1.82, 2.24) is 9.97 Å². The first-order valence-electron chi connectivity index (χ1n) is 8.11. The van der Waals surface area contributed by atoms with E-state index in [0.29, 0.717) is 0 Å². The minimum absolute atomic E-state index is 0.951. The van der Waals surface area contributed by atoms with Crippen molar-refractivity contribution in [3.05, 3.63) is 83.6 Å². The molecule has 2 nitrogen and oxygen atoms in total. The van der Waals surface area contributed by atoms with E-state index in [0.717, 1.165) is 31.8 Å². The molecule has 0 radical (unpaired) electrons. The van der Waals surface area contributed by atoms with Gasteiger partial charge in [-0.3, -0.25) is 9.97 Å². The Bertz CT molecular complexity index is 1260. The summed E-state index contributed by atoms with van der Waals surface area (Å²) < 4.78 is 1.10. The summed E-state index contributed by atoms with van der Waals surface area (Å²) in [5.41, 5.74) is 4.19. The van der Waals surface area contributed by atoms with Gasteiger partial charge in [-0.15, -0.1) is 0 Å². The number of pyridine rings is 2.